The highest BCUT2D eigenvalue weighted by molar-refractivity contribution is 9.10. The van der Waals surface area contributed by atoms with Gasteiger partial charge in [-0.1, -0.05) is 22.0 Å². The highest BCUT2D eigenvalue weighted by Crippen LogP contribution is 2.23. The van der Waals surface area contributed by atoms with Crippen LogP contribution in [0.4, 0.5) is 5.69 Å². The van der Waals surface area contributed by atoms with E-state index < -0.39 is 15.7 Å². The van der Waals surface area contributed by atoms with Crippen molar-refractivity contribution in [3.8, 4) is 5.75 Å². The lowest BCUT2D eigenvalue weighted by molar-refractivity contribution is 0.102. The van der Waals surface area contributed by atoms with Crippen LogP contribution in [0.2, 0.25) is 0 Å². The zero-order valence-electron chi connectivity index (χ0n) is 11.0. The van der Waals surface area contributed by atoms with E-state index >= 15 is 0 Å². The zero-order chi connectivity index (χ0) is 15.6. The summed E-state index contributed by atoms with van der Waals surface area (Å²) in [5.41, 5.74) is 0.427. The smallest absolute Gasteiger partial charge is 0.259 e. The van der Waals surface area contributed by atoms with E-state index in [1.807, 2.05) is 0 Å². The van der Waals surface area contributed by atoms with Gasteiger partial charge in [0, 0.05) is 16.4 Å². The number of halogens is 1. The molecule has 2 aromatic rings. The van der Waals surface area contributed by atoms with Crippen molar-refractivity contribution < 1.29 is 18.3 Å². The number of hydrogen-bond donors (Lipinski definition) is 2. The molecule has 2 aromatic carbocycles. The second-order valence-electron chi connectivity index (χ2n) is 4.42. The van der Waals surface area contributed by atoms with Crippen LogP contribution in [0.3, 0.4) is 0 Å². The van der Waals surface area contributed by atoms with E-state index in [2.05, 4.69) is 21.2 Å². The summed E-state index contributed by atoms with van der Waals surface area (Å²) < 4.78 is 23.6. The lowest BCUT2D eigenvalue weighted by atomic mass is 10.2. The number of anilines is 1. The van der Waals surface area contributed by atoms with Crippen LogP contribution in [0.25, 0.3) is 0 Å². The van der Waals surface area contributed by atoms with Gasteiger partial charge in [0.25, 0.3) is 5.91 Å². The maximum absolute atomic E-state index is 12.1. The first-order valence-corrected chi connectivity index (χ1v) is 8.56. The van der Waals surface area contributed by atoms with Crippen molar-refractivity contribution in [2.75, 3.05) is 11.6 Å². The van der Waals surface area contributed by atoms with E-state index in [9.17, 15) is 18.3 Å². The molecule has 0 aliphatic heterocycles. The molecule has 0 saturated heterocycles. The second kappa shape index (κ2) is 5.87. The van der Waals surface area contributed by atoms with Crippen molar-refractivity contribution in [2.24, 2.45) is 0 Å². The molecule has 0 heterocycles. The lowest BCUT2D eigenvalue weighted by Gasteiger charge is -2.08. The number of sulfone groups is 1. The maximum Gasteiger partial charge on any atom is 0.259 e. The van der Waals surface area contributed by atoms with Gasteiger partial charge >= 0.3 is 0 Å². The van der Waals surface area contributed by atoms with Crippen LogP contribution in [0.1, 0.15) is 10.4 Å². The van der Waals surface area contributed by atoms with Gasteiger partial charge in [0.05, 0.1) is 10.5 Å². The molecule has 0 aliphatic rings. The second-order valence-corrected chi connectivity index (χ2v) is 7.35. The number of aromatic hydroxyl groups is 1. The fourth-order valence-corrected chi connectivity index (χ4v) is 2.72. The average Bonchev–Trinajstić information content (AvgIpc) is 2.41. The van der Waals surface area contributed by atoms with Crippen LogP contribution in [-0.4, -0.2) is 25.7 Å². The van der Waals surface area contributed by atoms with Crippen LogP contribution >= 0.6 is 15.9 Å². The number of phenols is 1. The molecule has 0 saturated carbocycles. The van der Waals surface area contributed by atoms with Gasteiger partial charge < -0.3 is 10.4 Å². The number of carbonyl (C=O) groups excluding carboxylic acids is 1. The van der Waals surface area contributed by atoms with E-state index in [0.717, 1.165) is 6.26 Å². The third-order valence-electron chi connectivity index (χ3n) is 2.72. The predicted octanol–water partition coefficient (Wildman–Crippen LogP) is 2.81. The van der Waals surface area contributed by atoms with Crippen molar-refractivity contribution in [2.45, 2.75) is 4.90 Å². The average molecular weight is 370 g/mol. The highest BCUT2D eigenvalue weighted by atomic mass is 79.9. The Bertz CT molecular complexity index is 802. The first-order valence-electron chi connectivity index (χ1n) is 5.87. The summed E-state index contributed by atoms with van der Waals surface area (Å²) in [6.45, 7) is 0. The Morgan fingerprint density at radius 2 is 1.90 bits per heavy atom. The molecule has 1 amide bonds. The van der Waals surface area contributed by atoms with E-state index in [1.165, 1.54) is 30.3 Å². The van der Waals surface area contributed by atoms with Gasteiger partial charge in [-0.2, -0.15) is 0 Å². The van der Waals surface area contributed by atoms with Crippen molar-refractivity contribution in [1.82, 2.24) is 0 Å². The summed E-state index contributed by atoms with van der Waals surface area (Å²) in [5.74, 6) is -0.686. The summed E-state index contributed by atoms with van der Waals surface area (Å²) in [7, 11) is -3.35. The first kappa shape index (κ1) is 15.5. The number of rotatable bonds is 3. The molecule has 5 nitrogen and oxygen atoms in total. The van der Waals surface area contributed by atoms with E-state index in [-0.39, 0.29) is 16.2 Å². The molecule has 7 heteroatoms. The number of benzene rings is 2. The van der Waals surface area contributed by atoms with Gasteiger partial charge in [-0.25, -0.2) is 8.42 Å². The third kappa shape index (κ3) is 3.83. The fourth-order valence-electron chi connectivity index (χ4n) is 1.69. The minimum absolute atomic E-state index is 0.0918. The van der Waals surface area contributed by atoms with Crippen molar-refractivity contribution in [1.29, 1.82) is 0 Å². The Hall–Kier alpha value is -1.86. The summed E-state index contributed by atoms with van der Waals surface area (Å²) in [5, 5.41) is 12.2. The lowest BCUT2D eigenvalue weighted by Crippen LogP contribution is -2.12. The van der Waals surface area contributed by atoms with E-state index in [1.54, 1.807) is 12.1 Å². The molecular weight excluding hydrogens is 358 g/mol. The molecule has 0 radical (unpaired) electrons. The molecular formula is C14H12BrNO4S. The van der Waals surface area contributed by atoms with Crippen LogP contribution in [0.5, 0.6) is 5.75 Å². The molecule has 0 atom stereocenters. The molecule has 110 valence electrons. The molecule has 0 aromatic heterocycles. The van der Waals surface area contributed by atoms with Gasteiger partial charge in [-0.15, -0.1) is 0 Å². The standard InChI is InChI=1S/C14H12BrNO4S/c1-21(19,20)11-4-2-3-10(8-11)16-14(18)12-7-9(15)5-6-13(12)17/h2-8,17H,1H3,(H,16,18). The SMILES string of the molecule is CS(=O)(=O)c1cccc(NC(=O)c2cc(Br)ccc2O)c1. The van der Waals surface area contributed by atoms with Crippen LogP contribution in [0.15, 0.2) is 51.8 Å². The Morgan fingerprint density at radius 3 is 2.57 bits per heavy atom. The van der Waals surface area contributed by atoms with E-state index in [4.69, 9.17) is 0 Å². The van der Waals surface area contributed by atoms with Crippen molar-refractivity contribution in [3.05, 3.63) is 52.5 Å². The summed E-state index contributed by atoms with van der Waals surface area (Å²) >= 11 is 3.22. The molecule has 2 rings (SSSR count). The number of nitrogens with one attached hydrogen (secondary N) is 1. The molecule has 2 N–H and O–H groups in total. The summed E-state index contributed by atoms with van der Waals surface area (Å²) in [4.78, 5) is 12.2. The van der Waals surface area contributed by atoms with Gasteiger partial charge in [-0.05, 0) is 36.4 Å². The van der Waals surface area contributed by atoms with Gasteiger partial charge in [0.1, 0.15) is 5.75 Å². The monoisotopic (exact) mass is 369 g/mol. The Labute approximate surface area is 130 Å². The molecule has 0 unspecified atom stereocenters. The fraction of sp³-hybridized carbons (Fsp3) is 0.0714. The van der Waals surface area contributed by atoms with Crippen molar-refractivity contribution >= 4 is 37.4 Å². The van der Waals surface area contributed by atoms with Gasteiger partial charge in [0.2, 0.25) is 0 Å². The quantitative estimate of drug-likeness (QED) is 0.870. The predicted molar refractivity (Wildman–Crippen MR) is 83.3 cm³/mol. The molecule has 0 fully saturated rings. The third-order valence-corrected chi connectivity index (χ3v) is 4.33. The molecule has 21 heavy (non-hydrogen) atoms. The topological polar surface area (TPSA) is 83.5 Å². The Balaban J connectivity index is 2.30. The molecule has 0 aliphatic carbocycles. The van der Waals surface area contributed by atoms with Crippen molar-refractivity contribution in [3.63, 3.8) is 0 Å². The van der Waals surface area contributed by atoms with Crippen LogP contribution in [0, 0.1) is 0 Å². The first-order chi connectivity index (χ1) is 9.77. The molecule has 0 spiro atoms. The summed E-state index contributed by atoms with van der Waals surface area (Å²) in [6.07, 6.45) is 1.09. The minimum Gasteiger partial charge on any atom is -0.507 e. The summed E-state index contributed by atoms with van der Waals surface area (Å²) in [6, 6.07) is 10.4. The highest BCUT2D eigenvalue weighted by Gasteiger charge is 2.13. The maximum atomic E-state index is 12.1. The number of carbonyl (C=O) groups is 1. The minimum atomic E-state index is -3.35. The Morgan fingerprint density at radius 1 is 1.19 bits per heavy atom. The normalized spacial score (nSPS) is 11.1. The molecule has 0 bridgehead atoms. The van der Waals surface area contributed by atoms with Crippen LogP contribution < -0.4 is 5.32 Å². The van der Waals surface area contributed by atoms with Gasteiger partial charge in [-0.3, -0.25) is 4.79 Å². The number of amides is 1. The number of phenolic OH excluding ortho intramolecular Hbond substituents is 1. The number of hydrogen-bond acceptors (Lipinski definition) is 4. The Kier molecular flexibility index (Phi) is 4.34. The van der Waals surface area contributed by atoms with Crippen LogP contribution in [-0.2, 0) is 9.84 Å². The van der Waals surface area contributed by atoms with E-state index in [0.29, 0.717) is 10.2 Å². The van der Waals surface area contributed by atoms with Gasteiger partial charge in [0.15, 0.2) is 9.84 Å². The largest absolute Gasteiger partial charge is 0.507 e. The zero-order valence-corrected chi connectivity index (χ0v) is 13.4.